The number of urea groups is 1. The van der Waals surface area contributed by atoms with Crippen molar-refractivity contribution in [1.82, 2.24) is 10.2 Å². The number of carboxylic acids is 1. The molecule has 0 spiro atoms. The number of amides is 4. The summed E-state index contributed by atoms with van der Waals surface area (Å²) in [5.41, 5.74) is 1.10. The van der Waals surface area contributed by atoms with Crippen LogP contribution in [0.4, 0.5) is 4.79 Å². The molecule has 0 aromatic heterocycles. The number of barbiturate groups is 1. The topological polar surface area (TPSA) is 113 Å². The standard InChI is InChI=1S/C20H16N2O6/c23-17(24)12-28-15-8-6-13(7-9-15)10-16-18(25)21-20(27)22(19(16)26)11-14-4-2-1-3-5-14/h1-10H,11-12H2,(H,23,24)(H,21,25,27)/b16-10+. The number of carbonyl (C=O) groups is 4. The van der Waals surface area contributed by atoms with Crippen LogP contribution in [0.5, 0.6) is 5.75 Å². The van der Waals surface area contributed by atoms with Gasteiger partial charge < -0.3 is 9.84 Å². The summed E-state index contributed by atoms with van der Waals surface area (Å²) in [4.78, 5) is 48.4. The lowest BCUT2D eigenvalue weighted by atomic mass is 10.1. The van der Waals surface area contributed by atoms with E-state index in [1.54, 1.807) is 36.4 Å². The largest absolute Gasteiger partial charge is 0.482 e. The van der Waals surface area contributed by atoms with E-state index in [2.05, 4.69) is 5.32 Å². The zero-order valence-electron chi connectivity index (χ0n) is 14.6. The molecule has 1 aliphatic heterocycles. The third-order valence-electron chi connectivity index (χ3n) is 3.92. The van der Waals surface area contributed by atoms with Gasteiger partial charge in [-0.05, 0) is 29.3 Å². The monoisotopic (exact) mass is 380 g/mol. The van der Waals surface area contributed by atoms with Crippen LogP contribution in [0, 0.1) is 0 Å². The summed E-state index contributed by atoms with van der Waals surface area (Å²) < 4.78 is 5.03. The molecule has 0 saturated carbocycles. The van der Waals surface area contributed by atoms with Crippen LogP contribution in [0.1, 0.15) is 11.1 Å². The number of benzene rings is 2. The van der Waals surface area contributed by atoms with E-state index < -0.39 is 30.4 Å². The number of carboxylic acid groups (broad SMARTS) is 1. The highest BCUT2D eigenvalue weighted by Gasteiger charge is 2.35. The molecule has 2 aromatic rings. The lowest BCUT2D eigenvalue weighted by Crippen LogP contribution is -2.53. The average molecular weight is 380 g/mol. The molecule has 1 saturated heterocycles. The lowest BCUT2D eigenvalue weighted by Gasteiger charge is -2.26. The van der Waals surface area contributed by atoms with Gasteiger partial charge in [-0.3, -0.25) is 19.8 Å². The highest BCUT2D eigenvalue weighted by Crippen LogP contribution is 2.19. The SMILES string of the molecule is O=C(O)COc1ccc(/C=C2\C(=O)NC(=O)N(Cc3ccccc3)C2=O)cc1. The van der Waals surface area contributed by atoms with E-state index in [1.165, 1.54) is 18.2 Å². The fraction of sp³-hybridized carbons (Fsp3) is 0.100. The van der Waals surface area contributed by atoms with Crippen LogP contribution in [0.15, 0.2) is 60.2 Å². The number of imide groups is 2. The summed E-state index contributed by atoms with van der Waals surface area (Å²) in [7, 11) is 0. The zero-order valence-corrected chi connectivity index (χ0v) is 14.6. The molecule has 0 unspecified atom stereocenters. The van der Waals surface area contributed by atoms with E-state index >= 15 is 0 Å². The third kappa shape index (κ3) is 4.42. The van der Waals surface area contributed by atoms with Gasteiger partial charge in [-0.15, -0.1) is 0 Å². The third-order valence-corrected chi connectivity index (χ3v) is 3.92. The molecular formula is C20H16N2O6. The summed E-state index contributed by atoms with van der Waals surface area (Å²) in [6.45, 7) is -0.435. The van der Waals surface area contributed by atoms with Gasteiger partial charge in [0.2, 0.25) is 0 Å². The minimum atomic E-state index is -1.10. The molecule has 0 aliphatic carbocycles. The minimum Gasteiger partial charge on any atom is -0.482 e. The minimum absolute atomic E-state index is 0.0398. The predicted molar refractivity (Wildman–Crippen MR) is 98.1 cm³/mol. The Kier molecular flexibility index (Phi) is 5.50. The molecule has 2 N–H and O–H groups in total. The molecule has 8 nitrogen and oxygen atoms in total. The second-order valence-corrected chi connectivity index (χ2v) is 5.95. The van der Waals surface area contributed by atoms with Gasteiger partial charge in [0.25, 0.3) is 11.8 Å². The van der Waals surface area contributed by atoms with E-state index in [9.17, 15) is 19.2 Å². The van der Waals surface area contributed by atoms with Crippen molar-refractivity contribution in [3.63, 3.8) is 0 Å². The Morgan fingerprint density at radius 2 is 1.71 bits per heavy atom. The van der Waals surface area contributed by atoms with Gasteiger partial charge in [0.05, 0.1) is 6.54 Å². The molecule has 1 fully saturated rings. The Balaban J connectivity index is 1.79. The molecule has 4 amide bonds. The predicted octanol–water partition coefficient (Wildman–Crippen LogP) is 1.81. The Morgan fingerprint density at radius 3 is 2.36 bits per heavy atom. The molecule has 142 valence electrons. The van der Waals surface area contributed by atoms with Crippen LogP contribution in [-0.2, 0) is 20.9 Å². The summed E-state index contributed by atoms with van der Waals surface area (Å²) in [6.07, 6.45) is 1.36. The van der Waals surface area contributed by atoms with Crippen molar-refractivity contribution < 1.29 is 29.0 Å². The van der Waals surface area contributed by atoms with Gasteiger partial charge in [-0.25, -0.2) is 9.59 Å². The number of hydrogen-bond acceptors (Lipinski definition) is 5. The Morgan fingerprint density at radius 1 is 1.04 bits per heavy atom. The van der Waals surface area contributed by atoms with Crippen molar-refractivity contribution in [2.24, 2.45) is 0 Å². The van der Waals surface area contributed by atoms with E-state index in [0.717, 1.165) is 10.5 Å². The average Bonchev–Trinajstić information content (AvgIpc) is 2.68. The smallest absolute Gasteiger partial charge is 0.341 e. The van der Waals surface area contributed by atoms with E-state index in [-0.39, 0.29) is 12.1 Å². The van der Waals surface area contributed by atoms with Crippen molar-refractivity contribution in [3.8, 4) is 5.75 Å². The molecule has 1 aliphatic rings. The summed E-state index contributed by atoms with van der Waals surface area (Å²) >= 11 is 0. The normalized spacial score (nSPS) is 15.5. The maximum Gasteiger partial charge on any atom is 0.341 e. The first-order chi connectivity index (χ1) is 13.4. The van der Waals surface area contributed by atoms with Crippen LogP contribution in [-0.4, -0.2) is 40.4 Å². The lowest BCUT2D eigenvalue weighted by molar-refractivity contribution is -0.139. The molecule has 28 heavy (non-hydrogen) atoms. The van der Waals surface area contributed by atoms with Crippen molar-refractivity contribution >= 4 is 29.9 Å². The second kappa shape index (κ2) is 8.17. The van der Waals surface area contributed by atoms with Crippen LogP contribution in [0.3, 0.4) is 0 Å². The van der Waals surface area contributed by atoms with Crippen molar-refractivity contribution in [2.45, 2.75) is 6.54 Å². The first-order valence-electron chi connectivity index (χ1n) is 8.31. The fourth-order valence-electron chi connectivity index (χ4n) is 2.58. The zero-order chi connectivity index (χ0) is 20.1. The van der Waals surface area contributed by atoms with Crippen molar-refractivity contribution in [2.75, 3.05) is 6.61 Å². The maximum atomic E-state index is 12.7. The van der Waals surface area contributed by atoms with Gasteiger partial charge in [0.15, 0.2) is 6.61 Å². The summed E-state index contributed by atoms with van der Waals surface area (Å²) in [5, 5.41) is 10.8. The number of rotatable bonds is 6. The van der Waals surface area contributed by atoms with Gasteiger partial charge in [0.1, 0.15) is 11.3 Å². The molecule has 8 heteroatoms. The van der Waals surface area contributed by atoms with Gasteiger partial charge >= 0.3 is 12.0 Å². The number of nitrogens with zero attached hydrogens (tertiary/aromatic N) is 1. The molecule has 0 radical (unpaired) electrons. The van der Waals surface area contributed by atoms with Crippen LogP contribution < -0.4 is 10.1 Å². The number of aliphatic carboxylic acids is 1. The fourth-order valence-corrected chi connectivity index (χ4v) is 2.58. The molecule has 1 heterocycles. The van der Waals surface area contributed by atoms with Crippen LogP contribution in [0.2, 0.25) is 0 Å². The molecule has 0 bridgehead atoms. The number of ether oxygens (including phenoxy) is 1. The molecule has 2 aromatic carbocycles. The van der Waals surface area contributed by atoms with Gasteiger partial charge in [-0.1, -0.05) is 42.5 Å². The number of nitrogens with one attached hydrogen (secondary N) is 1. The summed E-state index contributed by atoms with van der Waals surface area (Å²) in [5.74, 6) is -2.22. The second-order valence-electron chi connectivity index (χ2n) is 5.95. The maximum absolute atomic E-state index is 12.7. The van der Waals surface area contributed by atoms with Crippen molar-refractivity contribution in [3.05, 3.63) is 71.3 Å². The Hall–Kier alpha value is -3.94. The first-order valence-corrected chi connectivity index (χ1v) is 8.31. The Bertz CT molecular complexity index is 950. The highest BCUT2D eigenvalue weighted by atomic mass is 16.5. The quantitative estimate of drug-likeness (QED) is 0.584. The molecule has 3 rings (SSSR count). The van der Waals surface area contributed by atoms with E-state index in [1.807, 2.05) is 6.07 Å². The molecular weight excluding hydrogens is 364 g/mol. The van der Waals surface area contributed by atoms with E-state index in [0.29, 0.717) is 11.3 Å². The van der Waals surface area contributed by atoms with Crippen LogP contribution >= 0.6 is 0 Å². The number of hydrogen-bond donors (Lipinski definition) is 2. The van der Waals surface area contributed by atoms with E-state index in [4.69, 9.17) is 9.84 Å². The van der Waals surface area contributed by atoms with Gasteiger partial charge in [0, 0.05) is 0 Å². The Labute approximate surface area is 160 Å². The number of carbonyl (C=O) groups excluding carboxylic acids is 3. The van der Waals surface area contributed by atoms with Crippen molar-refractivity contribution in [1.29, 1.82) is 0 Å². The first kappa shape index (κ1) is 18.8. The van der Waals surface area contributed by atoms with Gasteiger partial charge in [-0.2, -0.15) is 0 Å². The summed E-state index contributed by atoms with van der Waals surface area (Å²) in [6, 6.07) is 14.4. The molecule has 0 atom stereocenters. The van der Waals surface area contributed by atoms with Crippen LogP contribution in [0.25, 0.3) is 6.08 Å². The highest BCUT2D eigenvalue weighted by molar-refractivity contribution is 6.30.